The molecule has 1 fully saturated rings. The Bertz CT molecular complexity index is 708. The molecule has 128 valence electrons. The van der Waals surface area contributed by atoms with Crippen molar-refractivity contribution in [2.45, 2.75) is 26.8 Å². The number of carbonyl (C=O) groups is 1. The standard InChI is InChI=1S/C18H23N3O2S/c1-11-4-5-14(10-12(11)2)16-15(13(3)19-18(24)20-16)17(22)21-6-8-23-9-7-21/h4-5,10,16H,6-9H2,1-3H3,(H2,19,20,24)/t16-/m1/s1. The molecule has 1 saturated heterocycles. The molecular formula is C18H23N3O2S. The van der Waals surface area contributed by atoms with E-state index in [1.54, 1.807) is 0 Å². The molecule has 6 heteroatoms. The van der Waals surface area contributed by atoms with E-state index in [-0.39, 0.29) is 11.9 Å². The van der Waals surface area contributed by atoms with Gasteiger partial charge in [-0.1, -0.05) is 18.2 Å². The average molecular weight is 345 g/mol. The Hall–Kier alpha value is -1.92. The van der Waals surface area contributed by atoms with Crippen LogP contribution in [0.5, 0.6) is 0 Å². The smallest absolute Gasteiger partial charge is 0.254 e. The molecule has 1 aromatic rings. The SMILES string of the molecule is CC1=C(C(=O)N2CCOCC2)[C@@H](c2ccc(C)c(C)c2)NC(=S)N1. The number of nitrogens with one attached hydrogen (secondary N) is 2. The molecule has 2 N–H and O–H groups in total. The first-order valence-electron chi connectivity index (χ1n) is 8.20. The number of ether oxygens (including phenoxy) is 1. The third-order valence-corrected chi connectivity index (χ3v) is 4.88. The molecular weight excluding hydrogens is 322 g/mol. The number of morpholine rings is 1. The summed E-state index contributed by atoms with van der Waals surface area (Å²) >= 11 is 5.31. The molecule has 0 saturated carbocycles. The molecule has 0 bridgehead atoms. The minimum Gasteiger partial charge on any atom is -0.378 e. The number of rotatable bonds is 2. The van der Waals surface area contributed by atoms with E-state index in [2.05, 4.69) is 42.7 Å². The summed E-state index contributed by atoms with van der Waals surface area (Å²) in [6.07, 6.45) is 0. The second-order valence-electron chi connectivity index (χ2n) is 6.32. The number of amides is 1. The minimum absolute atomic E-state index is 0.0431. The molecule has 1 aromatic carbocycles. The topological polar surface area (TPSA) is 53.6 Å². The molecule has 1 atom stereocenters. The van der Waals surface area contributed by atoms with Crippen molar-refractivity contribution >= 4 is 23.2 Å². The molecule has 0 aliphatic carbocycles. The van der Waals surface area contributed by atoms with E-state index >= 15 is 0 Å². The highest BCUT2D eigenvalue weighted by atomic mass is 32.1. The summed E-state index contributed by atoms with van der Waals surface area (Å²) < 4.78 is 5.36. The third-order valence-electron chi connectivity index (χ3n) is 4.66. The number of allylic oxidation sites excluding steroid dienone is 1. The number of benzene rings is 1. The number of hydrogen-bond donors (Lipinski definition) is 2. The summed E-state index contributed by atoms with van der Waals surface area (Å²) in [6.45, 7) is 8.50. The van der Waals surface area contributed by atoms with Crippen molar-refractivity contribution in [1.29, 1.82) is 0 Å². The van der Waals surface area contributed by atoms with Crippen LogP contribution < -0.4 is 10.6 Å². The van der Waals surface area contributed by atoms with Crippen molar-refractivity contribution in [1.82, 2.24) is 15.5 Å². The second-order valence-corrected chi connectivity index (χ2v) is 6.73. The van der Waals surface area contributed by atoms with Crippen LogP contribution in [0.25, 0.3) is 0 Å². The highest BCUT2D eigenvalue weighted by Crippen LogP contribution is 2.29. The number of thiocarbonyl (C=S) groups is 1. The molecule has 0 aromatic heterocycles. The van der Waals surface area contributed by atoms with Gasteiger partial charge in [0.05, 0.1) is 24.8 Å². The fourth-order valence-corrected chi connectivity index (χ4v) is 3.38. The lowest BCUT2D eigenvalue weighted by Crippen LogP contribution is -2.49. The van der Waals surface area contributed by atoms with Crippen molar-refractivity contribution in [3.05, 3.63) is 46.2 Å². The first-order chi connectivity index (χ1) is 11.5. The van der Waals surface area contributed by atoms with E-state index in [9.17, 15) is 4.79 Å². The zero-order chi connectivity index (χ0) is 17.3. The van der Waals surface area contributed by atoms with Crippen molar-refractivity contribution in [3.63, 3.8) is 0 Å². The van der Waals surface area contributed by atoms with E-state index in [0.29, 0.717) is 31.4 Å². The molecule has 0 unspecified atom stereocenters. The Morgan fingerprint density at radius 1 is 1.21 bits per heavy atom. The average Bonchev–Trinajstić information content (AvgIpc) is 2.57. The normalized spacial score (nSPS) is 21.4. The van der Waals surface area contributed by atoms with Crippen LogP contribution in [0.4, 0.5) is 0 Å². The Balaban J connectivity index is 1.98. The molecule has 0 spiro atoms. The zero-order valence-corrected chi connectivity index (χ0v) is 15.1. The molecule has 3 rings (SSSR count). The van der Waals surface area contributed by atoms with E-state index in [0.717, 1.165) is 16.8 Å². The van der Waals surface area contributed by atoms with Gasteiger partial charge in [0.2, 0.25) is 0 Å². The van der Waals surface area contributed by atoms with Crippen LogP contribution in [0.15, 0.2) is 29.5 Å². The van der Waals surface area contributed by atoms with Gasteiger partial charge in [-0.2, -0.15) is 0 Å². The molecule has 2 aliphatic rings. The number of aryl methyl sites for hydroxylation is 2. The zero-order valence-electron chi connectivity index (χ0n) is 14.3. The highest BCUT2D eigenvalue weighted by Gasteiger charge is 2.33. The fraction of sp³-hybridized carbons (Fsp3) is 0.444. The molecule has 24 heavy (non-hydrogen) atoms. The predicted octanol–water partition coefficient (Wildman–Crippen LogP) is 1.96. The Kier molecular flexibility index (Phi) is 4.87. The van der Waals surface area contributed by atoms with E-state index in [1.165, 1.54) is 11.1 Å². The quantitative estimate of drug-likeness (QED) is 0.803. The van der Waals surface area contributed by atoms with Crippen molar-refractivity contribution in [3.8, 4) is 0 Å². The first-order valence-corrected chi connectivity index (χ1v) is 8.60. The van der Waals surface area contributed by atoms with Gasteiger partial charge in [-0.3, -0.25) is 4.79 Å². The summed E-state index contributed by atoms with van der Waals surface area (Å²) in [7, 11) is 0. The largest absolute Gasteiger partial charge is 0.378 e. The van der Waals surface area contributed by atoms with Crippen LogP contribution in [0, 0.1) is 13.8 Å². The van der Waals surface area contributed by atoms with Crippen LogP contribution in [-0.4, -0.2) is 42.2 Å². The highest BCUT2D eigenvalue weighted by molar-refractivity contribution is 7.80. The maximum absolute atomic E-state index is 13.1. The van der Waals surface area contributed by atoms with Crippen LogP contribution in [0.3, 0.4) is 0 Å². The van der Waals surface area contributed by atoms with E-state index in [1.807, 2.05) is 11.8 Å². The van der Waals surface area contributed by atoms with E-state index < -0.39 is 0 Å². The Morgan fingerprint density at radius 2 is 1.92 bits per heavy atom. The summed E-state index contributed by atoms with van der Waals surface area (Å²) in [5.74, 6) is 0.0431. The molecule has 1 amide bonds. The van der Waals surface area contributed by atoms with Crippen molar-refractivity contribution in [2.24, 2.45) is 0 Å². The summed E-state index contributed by atoms with van der Waals surface area (Å²) in [5, 5.41) is 6.91. The maximum atomic E-state index is 13.1. The molecule has 5 nitrogen and oxygen atoms in total. The lowest BCUT2D eigenvalue weighted by atomic mass is 9.92. The predicted molar refractivity (Wildman–Crippen MR) is 97.6 cm³/mol. The molecule has 0 radical (unpaired) electrons. The van der Waals surface area contributed by atoms with Gasteiger partial charge in [-0.25, -0.2) is 0 Å². The number of hydrogen-bond acceptors (Lipinski definition) is 3. The summed E-state index contributed by atoms with van der Waals surface area (Å²) in [6, 6.07) is 6.05. The van der Waals surface area contributed by atoms with Crippen molar-refractivity contribution in [2.75, 3.05) is 26.3 Å². The lowest BCUT2D eigenvalue weighted by molar-refractivity contribution is -0.131. The van der Waals surface area contributed by atoms with Gasteiger partial charge in [0.25, 0.3) is 5.91 Å². The molecule has 2 heterocycles. The monoisotopic (exact) mass is 345 g/mol. The first kappa shape index (κ1) is 16.9. The van der Waals surface area contributed by atoms with Crippen LogP contribution in [-0.2, 0) is 9.53 Å². The van der Waals surface area contributed by atoms with E-state index in [4.69, 9.17) is 17.0 Å². The minimum atomic E-state index is -0.228. The third kappa shape index (κ3) is 3.30. The van der Waals surface area contributed by atoms with Gasteiger partial charge in [-0.05, 0) is 49.7 Å². The van der Waals surface area contributed by atoms with Gasteiger partial charge in [0.1, 0.15) is 0 Å². The fourth-order valence-electron chi connectivity index (χ4n) is 3.11. The van der Waals surface area contributed by atoms with Crippen molar-refractivity contribution < 1.29 is 9.53 Å². The van der Waals surface area contributed by atoms with Gasteiger partial charge >= 0.3 is 0 Å². The van der Waals surface area contributed by atoms with Gasteiger partial charge in [0, 0.05) is 18.8 Å². The van der Waals surface area contributed by atoms with Crippen LogP contribution in [0.2, 0.25) is 0 Å². The van der Waals surface area contributed by atoms with Crippen LogP contribution >= 0.6 is 12.2 Å². The lowest BCUT2D eigenvalue weighted by Gasteiger charge is -2.35. The maximum Gasteiger partial charge on any atom is 0.254 e. The van der Waals surface area contributed by atoms with Crippen LogP contribution in [0.1, 0.15) is 29.7 Å². The van der Waals surface area contributed by atoms with Gasteiger partial charge in [-0.15, -0.1) is 0 Å². The Morgan fingerprint density at radius 3 is 2.58 bits per heavy atom. The number of nitrogens with zero attached hydrogens (tertiary/aromatic N) is 1. The Labute approximate surface area is 148 Å². The summed E-state index contributed by atoms with van der Waals surface area (Å²) in [5.41, 5.74) is 5.04. The second kappa shape index (κ2) is 6.91. The summed E-state index contributed by atoms with van der Waals surface area (Å²) in [4.78, 5) is 15.0. The molecule has 2 aliphatic heterocycles. The number of carbonyl (C=O) groups excluding carboxylic acids is 1. The van der Waals surface area contributed by atoms with Gasteiger partial charge in [0.15, 0.2) is 5.11 Å². The van der Waals surface area contributed by atoms with Gasteiger partial charge < -0.3 is 20.3 Å².